The van der Waals surface area contributed by atoms with Crippen molar-refractivity contribution in [1.82, 2.24) is 9.36 Å². The fourth-order valence-electron chi connectivity index (χ4n) is 2.99. The van der Waals surface area contributed by atoms with Gasteiger partial charge in [0.2, 0.25) is 5.91 Å². The van der Waals surface area contributed by atoms with Gasteiger partial charge in [0.1, 0.15) is 5.69 Å². The van der Waals surface area contributed by atoms with Crippen LogP contribution in [0.25, 0.3) is 5.69 Å². The molecular formula is C20H21N3O2. The monoisotopic (exact) mass is 335 g/mol. The molecule has 128 valence electrons. The van der Waals surface area contributed by atoms with Gasteiger partial charge in [-0.05, 0) is 24.1 Å². The van der Waals surface area contributed by atoms with E-state index in [9.17, 15) is 9.59 Å². The zero-order chi connectivity index (χ0) is 17.8. The van der Waals surface area contributed by atoms with Crippen molar-refractivity contribution < 1.29 is 4.79 Å². The summed E-state index contributed by atoms with van der Waals surface area (Å²) in [5, 5.41) is 2.72. The highest BCUT2D eigenvalue weighted by atomic mass is 16.2. The Kier molecular flexibility index (Phi) is 4.84. The fraction of sp³-hybridized carbons (Fsp3) is 0.200. The van der Waals surface area contributed by atoms with E-state index >= 15 is 0 Å². The van der Waals surface area contributed by atoms with Crippen LogP contribution >= 0.6 is 0 Å². The number of anilines is 1. The standard InChI is InChI=1S/C20H21N3O2/c1-3-18-19(21-15(2)24)20(25)22(14-16-10-6-4-7-11-16)23(18)17-12-8-5-9-13-17/h4-13H,3,14H2,1-2H3,(H,21,24). The van der Waals surface area contributed by atoms with Gasteiger partial charge in [-0.2, -0.15) is 0 Å². The second-order valence-corrected chi connectivity index (χ2v) is 5.85. The molecule has 5 nitrogen and oxygen atoms in total. The van der Waals surface area contributed by atoms with E-state index in [4.69, 9.17) is 0 Å². The van der Waals surface area contributed by atoms with Gasteiger partial charge in [-0.1, -0.05) is 55.5 Å². The van der Waals surface area contributed by atoms with Crippen molar-refractivity contribution in [2.45, 2.75) is 26.8 Å². The lowest BCUT2D eigenvalue weighted by Crippen LogP contribution is -2.24. The molecule has 0 aliphatic carbocycles. The summed E-state index contributed by atoms with van der Waals surface area (Å²) in [5.74, 6) is -0.246. The number of rotatable bonds is 5. The number of nitrogens with one attached hydrogen (secondary N) is 1. The summed E-state index contributed by atoms with van der Waals surface area (Å²) in [7, 11) is 0. The van der Waals surface area contributed by atoms with Crippen LogP contribution in [0.3, 0.4) is 0 Å². The molecule has 0 radical (unpaired) electrons. The zero-order valence-corrected chi connectivity index (χ0v) is 14.4. The molecule has 1 aromatic heterocycles. The molecular weight excluding hydrogens is 314 g/mol. The third kappa shape index (κ3) is 3.40. The van der Waals surface area contributed by atoms with Crippen molar-refractivity contribution in [1.29, 1.82) is 0 Å². The molecule has 25 heavy (non-hydrogen) atoms. The van der Waals surface area contributed by atoms with Crippen LogP contribution in [0.1, 0.15) is 25.1 Å². The molecule has 1 N–H and O–H groups in total. The molecule has 1 amide bonds. The molecule has 0 saturated carbocycles. The average Bonchev–Trinajstić information content (AvgIpc) is 2.88. The first-order valence-corrected chi connectivity index (χ1v) is 8.33. The first-order chi connectivity index (χ1) is 12.1. The van der Waals surface area contributed by atoms with Crippen LogP contribution in [-0.2, 0) is 17.8 Å². The molecule has 5 heteroatoms. The molecule has 3 rings (SSSR count). The van der Waals surface area contributed by atoms with Crippen molar-refractivity contribution >= 4 is 11.6 Å². The molecule has 0 atom stereocenters. The maximum absolute atomic E-state index is 13.0. The number of carbonyl (C=O) groups excluding carboxylic acids is 1. The largest absolute Gasteiger partial charge is 0.320 e. The van der Waals surface area contributed by atoms with Gasteiger partial charge in [0, 0.05) is 6.92 Å². The molecule has 3 aromatic rings. The van der Waals surface area contributed by atoms with E-state index in [2.05, 4.69) is 5.32 Å². The number of benzene rings is 2. The Labute approximate surface area is 146 Å². The Morgan fingerprint density at radius 2 is 1.60 bits per heavy atom. The van der Waals surface area contributed by atoms with Gasteiger partial charge in [0.15, 0.2) is 0 Å². The summed E-state index contributed by atoms with van der Waals surface area (Å²) in [4.78, 5) is 24.6. The van der Waals surface area contributed by atoms with Crippen molar-refractivity contribution in [2.24, 2.45) is 0 Å². The summed E-state index contributed by atoms with van der Waals surface area (Å²) >= 11 is 0. The summed E-state index contributed by atoms with van der Waals surface area (Å²) in [6.45, 7) is 3.83. The average molecular weight is 335 g/mol. The van der Waals surface area contributed by atoms with Gasteiger partial charge in [-0.25, -0.2) is 4.68 Å². The quantitative estimate of drug-likeness (QED) is 0.778. The molecule has 0 saturated heterocycles. The van der Waals surface area contributed by atoms with E-state index in [0.29, 0.717) is 18.7 Å². The highest BCUT2D eigenvalue weighted by Gasteiger charge is 2.20. The minimum Gasteiger partial charge on any atom is -0.320 e. The summed E-state index contributed by atoms with van der Waals surface area (Å²) in [6.07, 6.45) is 0.627. The number of para-hydroxylation sites is 1. The van der Waals surface area contributed by atoms with E-state index < -0.39 is 0 Å². The van der Waals surface area contributed by atoms with Gasteiger partial charge in [0.25, 0.3) is 5.56 Å². The van der Waals surface area contributed by atoms with E-state index in [1.54, 1.807) is 4.68 Å². The van der Waals surface area contributed by atoms with E-state index in [1.165, 1.54) is 6.92 Å². The molecule has 0 bridgehead atoms. The number of hydrogen-bond donors (Lipinski definition) is 1. The molecule has 2 aromatic carbocycles. The predicted octanol–water partition coefficient (Wildman–Crippen LogP) is 3.21. The third-order valence-electron chi connectivity index (χ3n) is 4.05. The zero-order valence-electron chi connectivity index (χ0n) is 14.4. The summed E-state index contributed by atoms with van der Waals surface area (Å²) in [6, 6.07) is 19.5. The van der Waals surface area contributed by atoms with Gasteiger partial charge in [-0.3, -0.25) is 14.3 Å². The summed E-state index contributed by atoms with van der Waals surface area (Å²) in [5.41, 5.74) is 2.87. The lowest BCUT2D eigenvalue weighted by atomic mass is 10.2. The first-order valence-electron chi connectivity index (χ1n) is 8.33. The van der Waals surface area contributed by atoms with Gasteiger partial charge >= 0.3 is 0 Å². The molecule has 0 aliphatic heterocycles. The first kappa shape index (κ1) is 16.8. The van der Waals surface area contributed by atoms with Crippen LogP contribution in [0.15, 0.2) is 65.5 Å². The Hall–Kier alpha value is -3.08. The second kappa shape index (κ2) is 7.21. The molecule has 0 aliphatic rings. The number of nitrogens with zero attached hydrogens (tertiary/aromatic N) is 2. The van der Waals surface area contributed by atoms with E-state index in [0.717, 1.165) is 16.9 Å². The Morgan fingerprint density at radius 3 is 2.16 bits per heavy atom. The highest BCUT2D eigenvalue weighted by Crippen LogP contribution is 2.19. The smallest absolute Gasteiger partial charge is 0.291 e. The van der Waals surface area contributed by atoms with Crippen LogP contribution in [0.2, 0.25) is 0 Å². The topological polar surface area (TPSA) is 56.0 Å². The van der Waals surface area contributed by atoms with Crippen LogP contribution in [-0.4, -0.2) is 15.3 Å². The summed E-state index contributed by atoms with van der Waals surface area (Å²) < 4.78 is 3.58. The van der Waals surface area contributed by atoms with Crippen molar-refractivity contribution in [3.8, 4) is 5.69 Å². The Bertz CT molecular complexity index is 925. The van der Waals surface area contributed by atoms with Crippen molar-refractivity contribution in [3.05, 3.63) is 82.3 Å². The van der Waals surface area contributed by atoms with Gasteiger partial charge < -0.3 is 5.32 Å². The SMILES string of the molecule is CCc1c(NC(C)=O)c(=O)n(Cc2ccccc2)n1-c1ccccc1. The fourth-order valence-corrected chi connectivity index (χ4v) is 2.99. The van der Waals surface area contributed by atoms with Crippen LogP contribution in [0, 0.1) is 0 Å². The van der Waals surface area contributed by atoms with Crippen LogP contribution in [0.5, 0.6) is 0 Å². The molecule has 1 heterocycles. The highest BCUT2D eigenvalue weighted by molar-refractivity contribution is 5.89. The Balaban J connectivity index is 2.22. The normalized spacial score (nSPS) is 10.6. The van der Waals surface area contributed by atoms with Gasteiger partial charge in [0.05, 0.1) is 17.9 Å². The number of hydrogen-bond acceptors (Lipinski definition) is 2. The number of amides is 1. The van der Waals surface area contributed by atoms with Crippen LogP contribution in [0.4, 0.5) is 5.69 Å². The molecule has 0 unspecified atom stereocenters. The van der Waals surface area contributed by atoms with Gasteiger partial charge in [-0.15, -0.1) is 0 Å². The Morgan fingerprint density at radius 1 is 1.00 bits per heavy atom. The number of aromatic nitrogens is 2. The van der Waals surface area contributed by atoms with Crippen molar-refractivity contribution in [3.63, 3.8) is 0 Å². The minimum absolute atomic E-state index is 0.195. The maximum Gasteiger partial charge on any atom is 0.291 e. The van der Waals surface area contributed by atoms with Crippen molar-refractivity contribution in [2.75, 3.05) is 5.32 Å². The molecule has 0 spiro atoms. The maximum atomic E-state index is 13.0. The predicted molar refractivity (Wildman–Crippen MR) is 99.3 cm³/mol. The molecule has 0 fully saturated rings. The second-order valence-electron chi connectivity index (χ2n) is 5.85. The minimum atomic E-state index is -0.246. The van der Waals surface area contributed by atoms with E-state index in [-0.39, 0.29) is 11.5 Å². The third-order valence-corrected chi connectivity index (χ3v) is 4.05. The number of carbonyl (C=O) groups is 1. The lowest BCUT2D eigenvalue weighted by molar-refractivity contribution is -0.114. The van der Waals surface area contributed by atoms with E-state index in [1.807, 2.05) is 72.3 Å². The lowest BCUT2D eigenvalue weighted by Gasteiger charge is -2.14. The van der Waals surface area contributed by atoms with Crippen LogP contribution < -0.4 is 10.9 Å².